The van der Waals surface area contributed by atoms with Crippen LogP contribution in [0.15, 0.2) is 54.6 Å². The molecule has 0 bridgehead atoms. The Morgan fingerprint density at radius 3 is 2.33 bits per heavy atom. The standard InChI is InChI=1S/C20H23O5PS/c1-4-23-26(21,24-5-2)27-20-14-19(15-10-12-16(22-3)13-11-15)25-18-9-7-6-8-17(18)20/h6-14,19H,4-5H2,1-3H3. The van der Waals surface area contributed by atoms with E-state index in [9.17, 15) is 4.57 Å². The van der Waals surface area contributed by atoms with Crippen LogP contribution in [0.3, 0.4) is 0 Å². The van der Waals surface area contributed by atoms with E-state index in [1.165, 1.54) is 0 Å². The summed E-state index contributed by atoms with van der Waals surface area (Å²) in [7, 11) is 1.63. The summed E-state index contributed by atoms with van der Waals surface area (Å²) >= 11 is 1.13. The van der Waals surface area contributed by atoms with E-state index in [-0.39, 0.29) is 6.10 Å². The molecule has 0 N–H and O–H groups in total. The molecular formula is C20H23O5PS. The second-order valence-corrected chi connectivity index (χ2v) is 9.64. The van der Waals surface area contributed by atoms with Crippen LogP contribution in [0.2, 0.25) is 0 Å². The highest BCUT2D eigenvalue weighted by Gasteiger charge is 2.31. The van der Waals surface area contributed by atoms with E-state index >= 15 is 0 Å². The summed E-state index contributed by atoms with van der Waals surface area (Å²) in [6.07, 6.45) is 1.66. The third-order valence-corrected chi connectivity index (χ3v) is 7.76. The zero-order chi connectivity index (χ0) is 19.3. The first-order valence-corrected chi connectivity index (χ1v) is 11.8. The molecule has 3 rings (SSSR count). The summed E-state index contributed by atoms with van der Waals surface area (Å²) < 4.78 is 35.3. The summed E-state index contributed by atoms with van der Waals surface area (Å²) in [6.45, 7) is 0.941. The predicted molar refractivity (Wildman–Crippen MR) is 109 cm³/mol. The van der Waals surface area contributed by atoms with E-state index in [1.807, 2.05) is 54.6 Å². The van der Waals surface area contributed by atoms with Crippen LogP contribution in [0, 0.1) is 0 Å². The van der Waals surface area contributed by atoms with Gasteiger partial charge in [-0.3, -0.25) is 0 Å². The highest BCUT2D eigenvalue weighted by molar-refractivity contribution is 8.59. The van der Waals surface area contributed by atoms with Crippen LogP contribution in [-0.2, 0) is 13.6 Å². The van der Waals surface area contributed by atoms with Crippen LogP contribution in [0.25, 0.3) is 4.91 Å². The van der Waals surface area contributed by atoms with Crippen LogP contribution in [-0.4, -0.2) is 20.3 Å². The van der Waals surface area contributed by atoms with Gasteiger partial charge in [0.25, 0.3) is 0 Å². The van der Waals surface area contributed by atoms with E-state index in [2.05, 4.69) is 0 Å². The minimum absolute atomic E-state index is 0.301. The zero-order valence-electron chi connectivity index (χ0n) is 15.6. The van der Waals surface area contributed by atoms with Crippen molar-refractivity contribution in [2.24, 2.45) is 0 Å². The maximum Gasteiger partial charge on any atom is 0.393 e. The van der Waals surface area contributed by atoms with E-state index in [1.54, 1.807) is 21.0 Å². The molecule has 0 aliphatic carbocycles. The Labute approximate surface area is 164 Å². The summed E-state index contributed by atoms with van der Waals surface area (Å²) in [5, 5.41) is 0. The Morgan fingerprint density at radius 2 is 1.70 bits per heavy atom. The number of ether oxygens (including phenoxy) is 2. The lowest BCUT2D eigenvalue weighted by molar-refractivity contribution is 0.237. The molecule has 1 unspecified atom stereocenters. The summed E-state index contributed by atoms with van der Waals surface area (Å²) in [6, 6.07) is 15.4. The van der Waals surface area contributed by atoms with E-state index in [0.29, 0.717) is 13.2 Å². The van der Waals surface area contributed by atoms with Gasteiger partial charge in [-0.2, -0.15) is 0 Å². The van der Waals surface area contributed by atoms with E-state index < -0.39 is 6.80 Å². The number of methoxy groups -OCH3 is 1. The van der Waals surface area contributed by atoms with Crippen molar-refractivity contribution in [2.45, 2.75) is 20.0 Å². The molecule has 27 heavy (non-hydrogen) atoms. The van der Waals surface area contributed by atoms with Crippen molar-refractivity contribution in [3.63, 3.8) is 0 Å². The molecule has 0 aromatic heterocycles. The van der Waals surface area contributed by atoms with E-state index in [0.717, 1.165) is 38.9 Å². The molecule has 0 fully saturated rings. The molecule has 0 spiro atoms. The monoisotopic (exact) mass is 406 g/mol. The minimum atomic E-state index is -3.30. The van der Waals surface area contributed by atoms with Crippen LogP contribution in [0.5, 0.6) is 11.5 Å². The molecule has 2 aromatic carbocycles. The first kappa shape index (κ1) is 20.0. The molecule has 2 aromatic rings. The fourth-order valence-corrected chi connectivity index (χ4v) is 6.39. The number of benzene rings is 2. The quantitative estimate of drug-likeness (QED) is 0.495. The Bertz CT molecular complexity index is 840. The highest BCUT2D eigenvalue weighted by atomic mass is 32.7. The van der Waals surface area contributed by atoms with Crippen LogP contribution < -0.4 is 9.47 Å². The molecule has 0 saturated heterocycles. The first-order chi connectivity index (χ1) is 13.1. The van der Waals surface area contributed by atoms with Gasteiger partial charge in [-0.1, -0.05) is 30.3 Å². The molecule has 0 amide bonds. The second kappa shape index (κ2) is 8.98. The molecule has 1 aliphatic heterocycles. The Hall–Kier alpha value is -1.72. The number of para-hydroxylation sites is 1. The van der Waals surface area contributed by atoms with Crippen molar-refractivity contribution in [2.75, 3.05) is 20.3 Å². The summed E-state index contributed by atoms with van der Waals surface area (Å²) in [5.74, 6) is 1.52. The van der Waals surface area contributed by atoms with Crippen LogP contribution in [0.1, 0.15) is 31.1 Å². The average molecular weight is 406 g/mol. The molecule has 1 heterocycles. The van der Waals surface area contributed by atoms with Crippen molar-refractivity contribution in [3.05, 3.63) is 65.7 Å². The molecular weight excluding hydrogens is 383 g/mol. The molecule has 1 atom stereocenters. The topological polar surface area (TPSA) is 54.0 Å². The normalized spacial score (nSPS) is 16.3. The molecule has 144 valence electrons. The maximum atomic E-state index is 13.0. The Kier molecular flexibility index (Phi) is 6.66. The number of fused-ring (bicyclic) bond motifs is 1. The van der Waals surface area contributed by atoms with Crippen molar-refractivity contribution in [1.29, 1.82) is 0 Å². The highest BCUT2D eigenvalue weighted by Crippen LogP contribution is 2.66. The third-order valence-electron chi connectivity index (χ3n) is 3.94. The van der Waals surface area contributed by atoms with Crippen molar-refractivity contribution < 1.29 is 23.1 Å². The first-order valence-electron chi connectivity index (χ1n) is 8.79. The summed E-state index contributed by atoms with van der Waals surface area (Å²) in [4.78, 5) is 0.822. The fraction of sp³-hybridized carbons (Fsp3) is 0.300. The smallest absolute Gasteiger partial charge is 0.393 e. The maximum absolute atomic E-state index is 13.0. The molecule has 5 nitrogen and oxygen atoms in total. The van der Waals surface area contributed by atoms with Gasteiger partial charge in [0, 0.05) is 10.5 Å². The van der Waals surface area contributed by atoms with Crippen molar-refractivity contribution in [1.82, 2.24) is 0 Å². The number of hydrogen-bond donors (Lipinski definition) is 0. The zero-order valence-corrected chi connectivity index (χ0v) is 17.3. The van der Waals surface area contributed by atoms with Gasteiger partial charge in [0.15, 0.2) is 0 Å². The summed E-state index contributed by atoms with van der Waals surface area (Å²) in [5.41, 5.74) is 1.86. The SMILES string of the molecule is CCOP(=O)(OCC)SC1=CC(c2ccc(OC)cc2)Oc2ccccc21. The lowest BCUT2D eigenvalue weighted by Crippen LogP contribution is -2.11. The van der Waals surface area contributed by atoms with Gasteiger partial charge in [0.2, 0.25) is 0 Å². The number of rotatable bonds is 8. The molecule has 7 heteroatoms. The van der Waals surface area contributed by atoms with Gasteiger partial charge in [-0.25, -0.2) is 4.57 Å². The lowest BCUT2D eigenvalue weighted by Gasteiger charge is -2.27. The van der Waals surface area contributed by atoms with Crippen molar-refractivity contribution >= 4 is 23.1 Å². The lowest BCUT2D eigenvalue weighted by atomic mass is 10.0. The molecule has 0 radical (unpaired) electrons. The van der Waals surface area contributed by atoms with Gasteiger partial charge >= 0.3 is 6.80 Å². The van der Waals surface area contributed by atoms with Crippen molar-refractivity contribution in [3.8, 4) is 11.5 Å². The van der Waals surface area contributed by atoms with Gasteiger partial charge in [-0.05, 0) is 55.1 Å². The van der Waals surface area contributed by atoms with Crippen LogP contribution in [0.4, 0.5) is 0 Å². The van der Waals surface area contributed by atoms with E-state index in [4.69, 9.17) is 18.5 Å². The second-order valence-electron chi connectivity index (χ2n) is 5.71. The molecule has 0 saturated carbocycles. The fourth-order valence-electron chi connectivity index (χ4n) is 2.74. The van der Waals surface area contributed by atoms with Crippen LogP contribution >= 0.6 is 18.2 Å². The largest absolute Gasteiger partial charge is 0.497 e. The Balaban J connectivity index is 1.96. The predicted octanol–water partition coefficient (Wildman–Crippen LogP) is 6.08. The number of hydrogen-bond acceptors (Lipinski definition) is 6. The molecule has 1 aliphatic rings. The van der Waals surface area contributed by atoms with Gasteiger partial charge in [0.1, 0.15) is 17.6 Å². The Morgan fingerprint density at radius 1 is 1.04 bits per heavy atom. The third kappa shape index (κ3) is 4.77. The van der Waals surface area contributed by atoms with Gasteiger partial charge in [-0.15, -0.1) is 0 Å². The minimum Gasteiger partial charge on any atom is -0.497 e. The van der Waals surface area contributed by atoms with Gasteiger partial charge in [0.05, 0.1) is 20.3 Å². The van der Waals surface area contributed by atoms with Gasteiger partial charge < -0.3 is 18.5 Å². The average Bonchev–Trinajstić information content (AvgIpc) is 2.68.